The van der Waals surface area contributed by atoms with Gasteiger partial charge >= 0.3 is 0 Å². The standard InChI is InChI=1S/C22H28BrN/c1-2-3-4-5-6-8-18-9-7-10-19-13-16-21(24-22(18)19)17-11-14-20(23)15-12-17/h10-16,18,22H,2-9H2,1H3. The predicted octanol–water partition coefficient (Wildman–Crippen LogP) is 6.87. The van der Waals surface area contributed by atoms with Crippen LogP contribution < -0.4 is 0 Å². The Morgan fingerprint density at radius 3 is 2.62 bits per heavy atom. The molecule has 1 nitrogen and oxygen atoms in total. The number of aliphatic imine (C=N–C) groups is 1. The molecular weight excluding hydrogens is 358 g/mol. The van der Waals surface area contributed by atoms with Gasteiger partial charge in [0, 0.05) is 4.47 Å². The largest absolute Gasteiger partial charge is 0.276 e. The van der Waals surface area contributed by atoms with Gasteiger partial charge in [0.05, 0.1) is 11.8 Å². The molecule has 2 aliphatic rings. The van der Waals surface area contributed by atoms with Crippen LogP contribution in [0.4, 0.5) is 0 Å². The van der Waals surface area contributed by atoms with Gasteiger partial charge < -0.3 is 0 Å². The number of unbranched alkanes of at least 4 members (excludes halogenated alkanes) is 4. The van der Waals surface area contributed by atoms with Crippen molar-refractivity contribution >= 4 is 21.6 Å². The third kappa shape index (κ3) is 4.47. The topological polar surface area (TPSA) is 12.4 Å². The summed E-state index contributed by atoms with van der Waals surface area (Å²) in [5.74, 6) is 0.724. The van der Waals surface area contributed by atoms with Gasteiger partial charge in [-0.1, -0.05) is 79.2 Å². The van der Waals surface area contributed by atoms with E-state index in [2.05, 4.69) is 65.3 Å². The molecule has 1 aromatic carbocycles. The highest BCUT2D eigenvalue weighted by atomic mass is 79.9. The number of allylic oxidation sites excluding steroid dienone is 2. The maximum absolute atomic E-state index is 5.15. The Bertz CT molecular complexity index is 624. The van der Waals surface area contributed by atoms with E-state index in [1.165, 1.54) is 62.5 Å². The summed E-state index contributed by atoms with van der Waals surface area (Å²) >= 11 is 3.51. The molecule has 2 heteroatoms. The minimum absolute atomic E-state index is 0.383. The van der Waals surface area contributed by atoms with Crippen molar-refractivity contribution < 1.29 is 0 Å². The van der Waals surface area contributed by atoms with Crippen molar-refractivity contribution in [2.24, 2.45) is 10.9 Å². The first-order valence-corrected chi connectivity index (χ1v) is 10.3. The Morgan fingerprint density at radius 2 is 1.83 bits per heavy atom. The van der Waals surface area contributed by atoms with E-state index in [-0.39, 0.29) is 0 Å². The molecule has 0 saturated carbocycles. The second-order valence-electron chi connectivity index (χ2n) is 7.04. The molecule has 1 aliphatic carbocycles. The molecule has 0 N–H and O–H groups in total. The van der Waals surface area contributed by atoms with Crippen LogP contribution >= 0.6 is 15.9 Å². The number of halogens is 1. The fourth-order valence-electron chi connectivity index (χ4n) is 3.83. The van der Waals surface area contributed by atoms with E-state index in [9.17, 15) is 0 Å². The first-order valence-electron chi connectivity index (χ1n) is 9.50. The summed E-state index contributed by atoms with van der Waals surface area (Å²) in [6, 6.07) is 8.90. The number of dihydropyridines is 1. The van der Waals surface area contributed by atoms with Crippen LogP contribution in [0, 0.1) is 5.92 Å². The van der Waals surface area contributed by atoms with Crippen molar-refractivity contribution in [2.75, 3.05) is 0 Å². The number of hydrogen-bond acceptors (Lipinski definition) is 1. The van der Waals surface area contributed by atoms with Gasteiger partial charge in [0.15, 0.2) is 0 Å². The third-order valence-corrected chi connectivity index (χ3v) is 5.76. The number of rotatable bonds is 7. The Labute approximate surface area is 155 Å². The lowest BCUT2D eigenvalue weighted by molar-refractivity contribution is 0.373. The zero-order valence-corrected chi connectivity index (χ0v) is 16.3. The molecule has 1 aliphatic heterocycles. The Hall–Kier alpha value is -1.15. The number of hydrogen-bond donors (Lipinski definition) is 0. The SMILES string of the molecule is CCCCCCCC1CCC=C2C=CC(c3ccc(Br)cc3)=NC21. The van der Waals surface area contributed by atoms with Gasteiger partial charge in [0.1, 0.15) is 0 Å². The first kappa shape index (κ1) is 17.7. The van der Waals surface area contributed by atoms with Crippen LogP contribution in [0.2, 0.25) is 0 Å². The Kier molecular flexibility index (Phi) is 6.48. The van der Waals surface area contributed by atoms with E-state index in [4.69, 9.17) is 4.99 Å². The first-order chi connectivity index (χ1) is 11.8. The lowest BCUT2D eigenvalue weighted by Gasteiger charge is -2.31. The van der Waals surface area contributed by atoms with Gasteiger partial charge in [0.2, 0.25) is 0 Å². The van der Waals surface area contributed by atoms with Crippen LogP contribution in [0.5, 0.6) is 0 Å². The highest BCUT2D eigenvalue weighted by molar-refractivity contribution is 9.10. The normalized spacial score (nSPS) is 22.8. The molecule has 0 saturated heterocycles. The lowest BCUT2D eigenvalue weighted by Crippen LogP contribution is -2.27. The highest BCUT2D eigenvalue weighted by Crippen LogP contribution is 2.34. The van der Waals surface area contributed by atoms with Crippen molar-refractivity contribution in [3.63, 3.8) is 0 Å². The highest BCUT2D eigenvalue weighted by Gasteiger charge is 2.28. The summed E-state index contributed by atoms with van der Waals surface area (Å²) < 4.78 is 1.12. The van der Waals surface area contributed by atoms with E-state index >= 15 is 0 Å². The number of benzene rings is 1. The molecule has 128 valence electrons. The summed E-state index contributed by atoms with van der Waals surface area (Å²) in [5.41, 5.74) is 3.81. The summed E-state index contributed by atoms with van der Waals surface area (Å²) in [5, 5.41) is 0. The average molecular weight is 386 g/mol. The fourth-order valence-corrected chi connectivity index (χ4v) is 4.10. The van der Waals surface area contributed by atoms with E-state index < -0.39 is 0 Å². The van der Waals surface area contributed by atoms with E-state index in [0.717, 1.165) is 16.1 Å². The van der Waals surface area contributed by atoms with E-state index in [1.54, 1.807) is 0 Å². The fraction of sp³-hybridized carbons (Fsp3) is 0.500. The maximum Gasteiger partial charge on any atom is 0.0781 e. The van der Waals surface area contributed by atoms with Gasteiger partial charge in [-0.3, -0.25) is 4.99 Å². The molecular formula is C22H28BrN. The molecule has 1 heterocycles. The summed E-state index contributed by atoms with van der Waals surface area (Å²) in [4.78, 5) is 5.15. The molecule has 3 rings (SSSR count). The van der Waals surface area contributed by atoms with Crippen molar-refractivity contribution in [1.82, 2.24) is 0 Å². The predicted molar refractivity (Wildman–Crippen MR) is 108 cm³/mol. The van der Waals surface area contributed by atoms with Crippen molar-refractivity contribution in [2.45, 2.75) is 64.3 Å². The monoisotopic (exact) mass is 385 g/mol. The second kappa shape index (κ2) is 8.80. The van der Waals surface area contributed by atoms with Crippen molar-refractivity contribution in [3.05, 3.63) is 58.1 Å². The van der Waals surface area contributed by atoms with Gasteiger partial charge in [-0.15, -0.1) is 0 Å². The lowest BCUT2D eigenvalue weighted by atomic mass is 9.79. The van der Waals surface area contributed by atoms with Crippen LogP contribution in [0.25, 0.3) is 0 Å². The zero-order valence-electron chi connectivity index (χ0n) is 14.7. The quantitative estimate of drug-likeness (QED) is 0.453. The molecule has 1 aromatic rings. The van der Waals surface area contributed by atoms with Crippen LogP contribution in [0.15, 0.2) is 57.5 Å². The molecule has 0 radical (unpaired) electrons. The average Bonchev–Trinajstić information content (AvgIpc) is 2.62. The molecule has 0 fully saturated rings. The smallest absolute Gasteiger partial charge is 0.0781 e. The van der Waals surface area contributed by atoms with Crippen LogP contribution in [-0.4, -0.2) is 11.8 Å². The van der Waals surface area contributed by atoms with E-state index in [0.29, 0.717) is 6.04 Å². The summed E-state index contributed by atoms with van der Waals surface area (Å²) in [6.07, 6.45) is 17.6. The summed E-state index contributed by atoms with van der Waals surface area (Å²) in [6.45, 7) is 2.28. The number of fused-ring (bicyclic) bond motifs is 1. The van der Waals surface area contributed by atoms with Crippen molar-refractivity contribution in [1.29, 1.82) is 0 Å². The van der Waals surface area contributed by atoms with Gasteiger partial charge in [-0.05, 0) is 54.5 Å². The number of nitrogens with zero attached hydrogens (tertiary/aromatic N) is 1. The summed E-state index contributed by atoms with van der Waals surface area (Å²) in [7, 11) is 0. The minimum Gasteiger partial charge on any atom is -0.276 e. The van der Waals surface area contributed by atoms with E-state index in [1.807, 2.05) is 0 Å². The molecule has 2 unspecified atom stereocenters. The molecule has 0 bridgehead atoms. The minimum atomic E-state index is 0.383. The van der Waals surface area contributed by atoms with Crippen LogP contribution in [-0.2, 0) is 0 Å². The van der Waals surface area contributed by atoms with Gasteiger partial charge in [-0.25, -0.2) is 0 Å². The van der Waals surface area contributed by atoms with Gasteiger partial charge in [0.25, 0.3) is 0 Å². The molecule has 2 atom stereocenters. The van der Waals surface area contributed by atoms with Crippen LogP contribution in [0.3, 0.4) is 0 Å². The molecule has 0 amide bonds. The Morgan fingerprint density at radius 1 is 1.04 bits per heavy atom. The molecule has 0 spiro atoms. The van der Waals surface area contributed by atoms with Gasteiger partial charge in [-0.2, -0.15) is 0 Å². The zero-order chi connectivity index (χ0) is 16.8. The van der Waals surface area contributed by atoms with Crippen LogP contribution in [0.1, 0.15) is 63.9 Å². The molecule has 0 aromatic heterocycles. The molecule has 24 heavy (non-hydrogen) atoms. The Balaban J connectivity index is 1.67. The third-order valence-electron chi connectivity index (χ3n) is 5.24. The second-order valence-corrected chi connectivity index (χ2v) is 7.96. The maximum atomic E-state index is 5.15. The van der Waals surface area contributed by atoms with Crippen molar-refractivity contribution in [3.8, 4) is 0 Å².